The first-order chi connectivity index (χ1) is 4.99. The zero-order chi connectivity index (χ0) is 8.48. The van der Waals surface area contributed by atoms with Crippen molar-refractivity contribution in [3.05, 3.63) is 23.8 Å². The Morgan fingerprint density at radius 3 is 2.73 bits per heavy atom. The van der Waals surface area contributed by atoms with E-state index in [1.54, 1.807) is 6.08 Å². The van der Waals surface area contributed by atoms with Gasteiger partial charge in [-0.3, -0.25) is 4.79 Å². The lowest BCUT2D eigenvalue weighted by Crippen LogP contribution is -2.11. The van der Waals surface area contributed by atoms with Crippen molar-refractivity contribution in [3.63, 3.8) is 0 Å². The molecule has 0 spiro atoms. The summed E-state index contributed by atoms with van der Waals surface area (Å²) < 4.78 is 0. The van der Waals surface area contributed by atoms with Crippen LogP contribution >= 0.6 is 0 Å². The van der Waals surface area contributed by atoms with Gasteiger partial charge < -0.3 is 0 Å². The van der Waals surface area contributed by atoms with Crippen molar-refractivity contribution in [2.24, 2.45) is 5.41 Å². The monoisotopic (exact) mass is 150 g/mol. The molecule has 0 heterocycles. The Labute approximate surface area is 67.8 Å². The minimum absolute atomic E-state index is 0.0331. The Bertz CT molecular complexity index is 231. The fourth-order valence-electron chi connectivity index (χ4n) is 1.22. The molecule has 1 nitrogen and oxygen atoms in total. The van der Waals surface area contributed by atoms with Gasteiger partial charge in [-0.25, -0.2) is 0 Å². The van der Waals surface area contributed by atoms with E-state index in [0.717, 1.165) is 5.57 Å². The third-order valence-corrected chi connectivity index (χ3v) is 1.82. The minimum atomic E-state index is 0.0331. The smallest absolute Gasteiger partial charge is 0.156 e. The lowest BCUT2D eigenvalue weighted by atomic mass is 9.88. The Morgan fingerprint density at radius 1 is 1.45 bits per heavy atom. The predicted molar refractivity (Wildman–Crippen MR) is 46.3 cm³/mol. The van der Waals surface area contributed by atoms with Crippen molar-refractivity contribution in [1.82, 2.24) is 0 Å². The van der Waals surface area contributed by atoms with Gasteiger partial charge in [0.05, 0.1) is 0 Å². The maximum Gasteiger partial charge on any atom is 0.156 e. The Hall–Kier alpha value is -0.850. The molecule has 0 aromatic rings. The number of allylic oxidation sites excluding steroid dienone is 4. The van der Waals surface area contributed by atoms with Crippen LogP contribution in [0.15, 0.2) is 23.8 Å². The number of carbonyl (C=O) groups is 1. The summed E-state index contributed by atoms with van der Waals surface area (Å²) in [5.41, 5.74) is 1.09. The van der Waals surface area contributed by atoms with Crippen molar-refractivity contribution in [3.8, 4) is 0 Å². The highest BCUT2D eigenvalue weighted by atomic mass is 16.1. The Kier molecular flexibility index (Phi) is 1.99. The van der Waals surface area contributed by atoms with Gasteiger partial charge in [0.25, 0.3) is 0 Å². The third kappa shape index (κ3) is 2.34. The van der Waals surface area contributed by atoms with E-state index >= 15 is 0 Å². The van der Waals surface area contributed by atoms with E-state index < -0.39 is 0 Å². The molecule has 1 aliphatic carbocycles. The molecule has 0 saturated heterocycles. The van der Waals surface area contributed by atoms with E-state index in [2.05, 4.69) is 19.9 Å². The molecule has 0 aliphatic heterocycles. The van der Waals surface area contributed by atoms with Crippen molar-refractivity contribution in [1.29, 1.82) is 0 Å². The molecular formula is C10H14O. The molecule has 0 fully saturated rings. The van der Waals surface area contributed by atoms with Gasteiger partial charge in [-0.15, -0.1) is 0 Å². The number of ketones is 1. The molecule has 1 rings (SSSR count). The topological polar surface area (TPSA) is 17.1 Å². The number of rotatable bonds is 0. The van der Waals surface area contributed by atoms with Crippen LogP contribution in [0.1, 0.15) is 27.2 Å². The van der Waals surface area contributed by atoms with Crippen LogP contribution < -0.4 is 0 Å². The molecule has 0 amide bonds. The minimum Gasteiger partial charge on any atom is -0.295 e. The molecular weight excluding hydrogens is 136 g/mol. The average molecular weight is 150 g/mol. The fourth-order valence-corrected chi connectivity index (χ4v) is 1.22. The lowest BCUT2D eigenvalue weighted by Gasteiger charge is -2.16. The molecule has 0 radical (unpaired) electrons. The predicted octanol–water partition coefficient (Wildman–Crippen LogP) is 2.49. The first-order valence-electron chi connectivity index (χ1n) is 3.90. The highest BCUT2D eigenvalue weighted by Gasteiger charge is 2.19. The quantitative estimate of drug-likeness (QED) is 0.518. The van der Waals surface area contributed by atoms with Crippen LogP contribution in [0.2, 0.25) is 0 Å². The van der Waals surface area contributed by atoms with Crippen LogP contribution in [0.25, 0.3) is 0 Å². The van der Waals surface area contributed by atoms with Crippen molar-refractivity contribution in [2.75, 3.05) is 0 Å². The molecule has 60 valence electrons. The van der Waals surface area contributed by atoms with Gasteiger partial charge in [-0.05, 0) is 24.0 Å². The Balaban J connectivity index is 2.90. The normalized spacial score (nSPS) is 22.8. The van der Waals surface area contributed by atoms with Crippen molar-refractivity contribution >= 4 is 5.78 Å². The second-order valence-electron chi connectivity index (χ2n) is 3.85. The molecule has 0 bridgehead atoms. The van der Waals surface area contributed by atoms with Crippen LogP contribution in [0.5, 0.6) is 0 Å². The SMILES string of the molecule is CC1=CC(=O)CC(C)(C)C=C1. The maximum atomic E-state index is 11.2. The molecule has 1 heteroatoms. The molecule has 1 aliphatic rings. The van der Waals surface area contributed by atoms with Crippen LogP contribution in [0.4, 0.5) is 0 Å². The molecule has 0 aromatic carbocycles. The summed E-state index contributed by atoms with van der Waals surface area (Å²) >= 11 is 0. The summed E-state index contributed by atoms with van der Waals surface area (Å²) in [5, 5.41) is 0. The van der Waals surface area contributed by atoms with Gasteiger partial charge in [-0.2, -0.15) is 0 Å². The van der Waals surface area contributed by atoms with E-state index in [1.807, 2.05) is 13.0 Å². The standard InChI is InChI=1S/C10H14O/c1-8-4-5-10(2,3)7-9(11)6-8/h4-6H,7H2,1-3H3. The van der Waals surface area contributed by atoms with Gasteiger partial charge in [0.2, 0.25) is 0 Å². The summed E-state index contributed by atoms with van der Waals surface area (Å²) in [6, 6.07) is 0. The molecule has 0 aromatic heterocycles. The second kappa shape index (κ2) is 2.65. The number of carbonyl (C=O) groups excluding carboxylic acids is 1. The van der Waals surface area contributed by atoms with E-state index in [4.69, 9.17) is 0 Å². The highest BCUT2D eigenvalue weighted by Crippen LogP contribution is 2.25. The lowest BCUT2D eigenvalue weighted by molar-refractivity contribution is -0.115. The van der Waals surface area contributed by atoms with Crippen LogP contribution in [-0.2, 0) is 4.79 Å². The van der Waals surface area contributed by atoms with Crippen LogP contribution in [0.3, 0.4) is 0 Å². The van der Waals surface area contributed by atoms with Crippen molar-refractivity contribution in [2.45, 2.75) is 27.2 Å². The Morgan fingerprint density at radius 2 is 2.09 bits per heavy atom. The fraction of sp³-hybridized carbons (Fsp3) is 0.500. The second-order valence-corrected chi connectivity index (χ2v) is 3.85. The summed E-state index contributed by atoms with van der Waals surface area (Å²) in [6.45, 7) is 6.11. The third-order valence-electron chi connectivity index (χ3n) is 1.82. The summed E-state index contributed by atoms with van der Waals surface area (Å²) in [5.74, 6) is 0.234. The van der Waals surface area contributed by atoms with Crippen molar-refractivity contribution < 1.29 is 4.79 Å². The van der Waals surface area contributed by atoms with E-state index in [0.29, 0.717) is 6.42 Å². The van der Waals surface area contributed by atoms with Gasteiger partial charge in [0, 0.05) is 6.42 Å². The zero-order valence-corrected chi connectivity index (χ0v) is 7.35. The van der Waals surface area contributed by atoms with Crippen LogP contribution in [0, 0.1) is 5.41 Å². The molecule has 0 N–H and O–H groups in total. The van der Waals surface area contributed by atoms with E-state index in [-0.39, 0.29) is 11.2 Å². The summed E-state index contributed by atoms with van der Waals surface area (Å²) in [6.07, 6.45) is 6.46. The number of hydrogen-bond acceptors (Lipinski definition) is 1. The van der Waals surface area contributed by atoms with Gasteiger partial charge >= 0.3 is 0 Å². The summed E-state index contributed by atoms with van der Waals surface area (Å²) in [7, 11) is 0. The molecule has 0 unspecified atom stereocenters. The molecule has 0 saturated carbocycles. The number of hydrogen-bond donors (Lipinski definition) is 0. The van der Waals surface area contributed by atoms with E-state index in [1.165, 1.54) is 0 Å². The van der Waals surface area contributed by atoms with E-state index in [9.17, 15) is 4.79 Å². The summed E-state index contributed by atoms with van der Waals surface area (Å²) in [4.78, 5) is 11.2. The van der Waals surface area contributed by atoms with Crippen LogP contribution in [-0.4, -0.2) is 5.78 Å². The van der Waals surface area contributed by atoms with Gasteiger partial charge in [0.15, 0.2) is 5.78 Å². The average Bonchev–Trinajstić information content (AvgIpc) is 1.90. The largest absolute Gasteiger partial charge is 0.295 e. The zero-order valence-electron chi connectivity index (χ0n) is 7.35. The molecule has 0 atom stereocenters. The van der Waals surface area contributed by atoms with Gasteiger partial charge in [-0.1, -0.05) is 26.0 Å². The first-order valence-corrected chi connectivity index (χ1v) is 3.90. The first kappa shape index (κ1) is 8.25. The highest BCUT2D eigenvalue weighted by molar-refractivity contribution is 5.91. The maximum absolute atomic E-state index is 11.2. The molecule has 11 heavy (non-hydrogen) atoms. The van der Waals surface area contributed by atoms with Gasteiger partial charge in [0.1, 0.15) is 0 Å².